The van der Waals surface area contributed by atoms with Gasteiger partial charge >= 0.3 is 0 Å². The molecule has 1 N–H and O–H groups in total. The van der Waals surface area contributed by atoms with E-state index in [-0.39, 0.29) is 0 Å². The van der Waals surface area contributed by atoms with Crippen molar-refractivity contribution in [1.29, 1.82) is 0 Å². The van der Waals surface area contributed by atoms with E-state index < -0.39 is 0 Å². The molecule has 0 atom stereocenters. The van der Waals surface area contributed by atoms with Crippen LogP contribution < -0.4 is 10.1 Å². The van der Waals surface area contributed by atoms with Crippen LogP contribution in [0.1, 0.15) is 18.1 Å². The van der Waals surface area contributed by atoms with Crippen LogP contribution in [0.25, 0.3) is 0 Å². The molecule has 0 aliphatic carbocycles. The van der Waals surface area contributed by atoms with Crippen molar-refractivity contribution >= 4 is 21.7 Å². The number of anilines is 1. The fourth-order valence-corrected chi connectivity index (χ4v) is 2.03. The minimum Gasteiger partial charge on any atom is -0.489 e. The Hall–Kier alpha value is -1.55. The molecule has 3 nitrogen and oxygen atoms in total. The summed E-state index contributed by atoms with van der Waals surface area (Å²) in [5.74, 6) is 1.79. The standard InChI is InChI=1S/C15H17BrN2O/c1-3-17-15-7-5-12(9-18-15)10-19-14-8-13(16)6-4-11(14)2/h4-9H,3,10H2,1-2H3,(H,17,18). The third kappa shape index (κ3) is 3.96. The van der Waals surface area contributed by atoms with Crippen LogP contribution in [0.15, 0.2) is 41.0 Å². The van der Waals surface area contributed by atoms with Crippen molar-refractivity contribution in [3.63, 3.8) is 0 Å². The van der Waals surface area contributed by atoms with Gasteiger partial charge in [-0.25, -0.2) is 4.98 Å². The van der Waals surface area contributed by atoms with Gasteiger partial charge in [-0.2, -0.15) is 0 Å². The van der Waals surface area contributed by atoms with Crippen LogP contribution in [0.2, 0.25) is 0 Å². The van der Waals surface area contributed by atoms with E-state index >= 15 is 0 Å². The zero-order valence-electron chi connectivity index (χ0n) is 11.1. The Morgan fingerprint density at radius 1 is 1.26 bits per heavy atom. The molecule has 2 aromatic rings. The average molecular weight is 321 g/mol. The second-order valence-corrected chi connectivity index (χ2v) is 5.20. The molecule has 0 saturated heterocycles. The lowest BCUT2D eigenvalue weighted by atomic mass is 10.2. The number of ether oxygens (including phenoxy) is 1. The number of halogens is 1. The minimum absolute atomic E-state index is 0.525. The van der Waals surface area contributed by atoms with Gasteiger partial charge in [-0.1, -0.05) is 28.1 Å². The normalized spacial score (nSPS) is 10.3. The van der Waals surface area contributed by atoms with E-state index in [0.717, 1.165) is 33.7 Å². The lowest BCUT2D eigenvalue weighted by Gasteiger charge is -2.10. The van der Waals surface area contributed by atoms with E-state index in [9.17, 15) is 0 Å². The third-order valence-corrected chi connectivity index (χ3v) is 3.22. The number of benzene rings is 1. The first-order chi connectivity index (χ1) is 9.19. The van der Waals surface area contributed by atoms with Gasteiger partial charge in [0, 0.05) is 22.8 Å². The highest BCUT2D eigenvalue weighted by Crippen LogP contribution is 2.23. The highest BCUT2D eigenvalue weighted by atomic mass is 79.9. The summed E-state index contributed by atoms with van der Waals surface area (Å²) in [6, 6.07) is 10.0. The lowest BCUT2D eigenvalue weighted by Crippen LogP contribution is -2.01. The van der Waals surface area contributed by atoms with E-state index in [0.29, 0.717) is 6.61 Å². The van der Waals surface area contributed by atoms with Crippen LogP contribution in [-0.2, 0) is 6.61 Å². The van der Waals surface area contributed by atoms with Gasteiger partial charge in [-0.15, -0.1) is 0 Å². The molecule has 0 spiro atoms. The monoisotopic (exact) mass is 320 g/mol. The number of hydrogen-bond acceptors (Lipinski definition) is 3. The molecular weight excluding hydrogens is 304 g/mol. The summed E-state index contributed by atoms with van der Waals surface area (Å²) in [5, 5.41) is 3.17. The average Bonchev–Trinajstić information content (AvgIpc) is 2.42. The van der Waals surface area contributed by atoms with Gasteiger partial charge in [0.25, 0.3) is 0 Å². The number of pyridine rings is 1. The van der Waals surface area contributed by atoms with Gasteiger partial charge < -0.3 is 10.1 Å². The first-order valence-corrected chi connectivity index (χ1v) is 7.06. The van der Waals surface area contributed by atoms with E-state index in [1.54, 1.807) is 0 Å². The summed E-state index contributed by atoms with van der Waals surface area (Å²) in [7, 11) is 0. The van der Waals surface area contributed by atoms with Crippen LogP contribution in [0, 0.1) is 6.92 Å². The summed E-state index contributed by atoms with van der Waals surface area (Å²) >= 11 is 3.45. The third-order valence-electron chi connectivity index (χ3n) is 2.73. The molecule has 1 aromatic heterocycles. The molecule has 0 aliphatic heterocycles. The number of aromatic nitrogens is 1. The SMILES string of the molecule is CCNc1ccc(COc2cc(Br)ccc2C)cn1. The second-order valence-electron chi connectivity index (χ2n) is 4.28. The summed E-state index contributed by atoms with van der Waals surface area (Å²) < 4.78 is 6.84. The molecule has 4 heteroatoms. The number of nitrogens with one attached hydrogen (secondary N) is 1. The fraction of sp³-hybridized carbons (Fsp3) is 0.267. The van der Waals surface area contributed by atoms with Crippen molar-refractivity contribution in [1.82, 2.24) is 4.98 Å². The van der Waals surface area contributed by atoms with E-state index in [2.05, 4.69) is 33.2 Å². The second kappa shape index (κ2) is 6.57. The van der Waals surface area contributed by atoms with Crippen LogP contribution in [-0.4, -0.2) is 11.5 Å². The lowest BCUT2D eigenvalue weighted by molar-refractivity contribution is 0.303. The molecule has 0 amide bonds. The highest BCUT2D eigenvalue weighted by Gasteiger charge is 2.02. The molecule has 0 fully saturated rings. The Morgan fingerprint density at radius 2 is 2.11 bits per heavy atom. The van der Waals surface area contributed by atoms with E-state index in [1.807, 2.05) is 43.5 Å². The Kier molecular flexibility index (Phi) is 4.80. The number of nitrogens with zero attached hydrogens (tertiary/aromatic N) is 1. The largest absolute Gasteiger partial charge is 0.489 e. The predicted octanol–water partition coefficient (Wildman–Crippen LogP) is 4.16. The predicted molar refractivity (Wildman–Crippen MR) is 81.6 cm³/mol. The van der Waals surface area contributed by atoms with Crippen LogP contribution in [0.4, 0.5) is 5.82 Å². The molecule has 1 aromatic carbocycles. The zero-order valence-corrected chi connectivity index (χ0v) is 12.7. The van der Waals surface area contributed by atoms with Gasteiger partial charge in [0.1, 0.15) is 18.2 Å². The molecule has 19 heavy (non-hydrogen) atoms. The van der Waals surface area contributed by atoms with Crippen molar-refractivity contribution < 1.29 is 4.74 Å². The Balaban J connectivity index is 2.00. The molecule has 1 heterocycles. The molecule has 2 rings (SSSR count). The first kappa shape index (κ1) is 13.9. The molecule has 0 unspecified atom stereocenters. The van der Waals surface area contributed by atoms with Crippen molar-refractivity contribution in [3.05, 3.63) is 52.1 Å². The number of aryl methyl sites for hydroxylation is 1. The van der Waals surface area contributed by atoms with Gasteiger partial charge in [-0.3, -0.25) is 0 Å². The molecular formula is C15H17BrN2O. The molecule has 0 bridgehead atoms. The summed E-state index contributed by atoms with van der Waals surface area (Å²) in [5.41, 5.74) is 2.18. The molecule has 100 valence electrons. The van der Waals surface area contributed by atoms with Gasteiger partial charge in [0.15, 0.2) is 0 Å². The molecule has 0 aliphatic rings. The van der Waals surface area contributed by atoms with Crippen LogP contribution in [0.5, 0.6) is 5.75 Å². The molecule has 0 saturated carbocycles. The van der Waals surface area contributed by atoms with Crippen molar-refractivity contribution in [2.45, 2.75) is 20.5 Å². The topological polar surface area (TPSA) is 34.1 Å². The number of rotatable bonds is 5. The van der Waals surface area contributed by atoms with Crippen LogP contribution >= 0.6 is 15.9 Å². The Bertz CT molecular complexity index is 540. The van der Waals surface area contributed by atoms with Crippen molar-refractivity contribution in [2.24, 2.45) is 0 Å². The van der Waals surface area contributed by atoms with Crippen molar-refractivity contribution in [3.8, 4) is 5.75 Å². The molecule has 0 radical (unpaired) electrons. The Morgan fingerprint density at radius 3 is 2.79 bits per heavy atom. The van der Waals surface area contributed by atoms with Crippen molar-refractivity contribution in [2.75, 3.05) is 11.9 Å². The van der Waals surface area contributed by atoms with E-state index in [4.69, 9.17) is 4.74 Å². The zero-order chi connectivity index (χ0) is 13.7. The number of hydrogen-bond donors (Lipinski definition) is 1. The maximum Gasteiger partial charge on any atom is 0.125 e. The van der Waals surface area contributed by atoms with Crippen LogP contribution in [0.3, 0.4) is 0 Å². The van der Waals surface area contributed by atoms with Gasteiger partial charge in [0.05, 0.1) is 0 Å². The Labute approximate surface area is 122 Å². The quantitative estimate of drug-likeness (QED) is 0.898. The van der Waals surface area contributed by atoms with Gasteiger partial charge in [0.2, 0.25) is 0 Å². The summed E-state index contributed by atoms with van der Waals surface area (Å²) in [6.07, 6.45) is 1.84. The smallest absolute Gasteiger partial charge is 0.125 e. The summed E-state index contributed by atoms with van der Waals surface area (Å²) in [6.45, 7) is 5.49. The first-order valence-electron chi connectivity index (χ1n) is 6.27. The maximum atomic E-state index is 5.81. The fourth-order valence-electron chi connectivity index (χ4n) is 1.69. The maximum absolute atomic E-state index is 5.81. The highest BCUT2D eigenvalue weighted by molar-refractivity contribution is 9.10. The summed E-state index contributed by atoms with van der Waals surface area (Å²) in [4.78, 5) is 4.32. The van der Waals surface area contributed by atoms with E-state index in [1.165, 1.54) is 0 Å². The minimum atomic E-state index is 0.525. The van der Waals surface area contributed by atoms with Gasteiger partial charge in [-0.05, 0) is 37.6 Å².